The number of hydrogen-bond acceptors (Lipinski definition) is 5. The van der Waals surface area contributed by atoms with E-state index in [2.05, 4.69) is 5.32 Å². The molecule has 1 atom stereocenters. The number of nitrogens with zero attached hydrogens (tertiary/aromatic N) is 2. The van der Waals surface area contributed by atoms with E-state index in [1.807, 2.05) is 11.8 Å². The second-order valence-corrected chi connectivity index (χ2v) is 5.34. The molecular weight excluding hydrogens is 274 g/mol. The van der Waals surface area contributed by atoms with Crippen LogP contribution in [0, 0.1) is 5.92 Å². The van der Waals surface area contributed by atoms with Gasteiger partial charge in [0.2, 0.25) is 11.8 Å². The van der Waals surface area contributed by atoms with E-state index in [4.69, 9.17) is 4.74 Å². The zero-order valence-corrected chi connectivity index (χ0v) is 13.1. The second kappa shape index (κ2) is 8.61. The summed E-state index contributed by atoms with van der Waals surface area (Å²) in [7, 11) is 2.99. The Bertz CT molecular complexity index is 386. The van der Waals surface area contributed by atoms with Gasteiger partial charge in [0.05, 0.1) is 26.1 Å². The lowest BCUT2D eigenvalue weighted by Crippen LogP contribution is -2.43. The normalized spacial score (nSPS) is 18.3. The first kappa shape index (κ1) is 17.4. The Morgan fingerprint density at radius 1 is 1.38 bits per heavy atom. The Balaban J connectivity index is 2.33. The van der Waals surface area contributed by atoms with Crippen molar-refractivity contribution in [3.05, 3.63) is 0 Å². The first-order chi connectivity index (χ1) is 9.97. The molecule has 0 saturated carbocycles. The van der Waals surface area contributed by atoms with Crippen LogP contribution in [-0.4, -0.2) is 74.5 Å². The molecule has 7 nitrogen and oxygen atoms in total. The predicted octanol–water partition coefficient (Wildman–Crippen LogP) is -0.534. The number of amides is 2. The summed E-state index contributed by atoms with van der Waals surface area (Å²) in [5, 5.41) is 2.73. The van der Waals surface area contributed by atoms with E-state index < -0.39 is 0 Å². The molecular formula is C14H25N3O4. The molecule has 0 spiro atoms. The quantitative estimate of drug-likeness (QED) is 0.639. The Hall–Kier alpha value is -1.63. The minimum absolute atomic E-state index is 0.0626. The largest absolute Gasteiger partial charge is 0.469 e. The summed E-state index contributed by atoms with van der Waals surface area (Å²) in [4.78, 5) is 38.4. The maximum absolute atomic E-state index is 12.0. The minimum atomic E-state index is -0.225. The number of rotatable bonds is 7. The van der Waals surface area contributed by atoms with E-state index in [9.17, 15) is 14.4 Å². The molecule has 1 saturated heterocycles. The van der Waals surface area contributed by atoms with E-state index in [0.29, 0.717) is 26.1 Å². The highest BCUT2D eigenvalue weighted by Gasteiger charge is 2.30. The molecule has 1 rings (SSSR count). The average molecular weight is 299 g/mol. The summed E-state index contributed by atoms with van der Waals surface area (Å²) >= 11 is 0. The van der Waals surface area contributed by atoms with E-state index in [-0.39, 0.29) is 36.8 Å². The molecule has 1 unspecified atom stereocenters. The van der Waals surface area contributed by atoms with E-state index in [1.165, 1.54) is 12.0 Å². The van der Waals surface area contributed by atoms with Gasteiger partial charge in [0, 0.05) is 20.1 Å². The molecule has 21 heavy (non-hydrogen) atoms. The van der Waals surface area contributed by atoms with Crippen molar-refractivity contribution in [2.45, 2.75) is 19.8 Å². The third-order valence-corrected chi connectivity index (χ3v) is 3.54. The van der Waals surface area contributed by atoms with E-state index in [1.54, 1.807) is 7.05 Å². The topological polar surface area (TPSA) is 79.0 Å². The molecule has 7 heteroatoms. The number of nitrogens with one attached hydrogen (secondary N) is 1. The molecule has 1 fully saturated rings. The van der Waals surface area contributed by atoms with Crippen molar-refractivity contribution in [2.24, 2.45) is 5.92 Å². The van der Waals surface area contributed by atoms with Gasteiger partial charge in [-0.3, -0.25) is 19.3 Å². The van der Waals surface area contributed by atoms with E-state index in [0.717, 1.165) is 6.42 Å². The number of likely N-dealkylation sites (tertiary alicyclic amines) is 1. The maximum atomic E-state index is 12.0. The van der Waals surface area contributed by atoms with Gasteiger partial charge in [-0.2, -0.15) is 0 Å². The Labute approximate surface area is 125 Å². The molecule has 1 aliphatic rings. The number of methoxy groups -OCH3 is 1. The second-order valence-electron chi connectivity index (χ2n) is 5.34. The molecule has 1 heterocycles. The van der Waals surface area contributed by atoms with Crippen molar-refractivity contribution in [3.8, 4) is 0 Å². The highest BCUT2D eigenvalue weighted by molar-refractivity contribution is 5.85. The average Bonchev–Trinajstić information content (AvgIpc) is 2.92. The fraction of sp³-hybridized carbons (Fsp3) is 0.786. The molecule has 0 bridgehead atoms. The van der Waals surface area contributed by atoms with Crippen molar-refractivity contribution in [1.82, 2.24) is 15.1 Å². The van der Waals surface area contributed by atoms with Crippen LogP contribution < -0.4 is 5.32 Å². The zero-order valence-electron chi connectivity index (χ0n) is 13.1. The standard InChI is InChI=1S/C14H25N3O4/c1-4-6-15-12(18)9-16(2)13(19)10-17-7-5-11(8-17)14(20)21-3/h11H,4-10H2,1-3H3,(H,15,18). The van der Waals surface area contributed by atoms with Crippen LogP contribution in [0.2, 0.25) is 0 Å². The maximum Gasteiger partial charge on any atom is 0.310 e. The highest BCUT2D eigenvalue weighted by Crippen LogP contribution is 2.17. The van der Waals surface area contributed by atoms with Crippen molar-refractivity contribution >= 4 is 17.8 Å². The van der Waals surface area contributed by atoms with Crippen LogP contribution in [0.5, 0.6) is 0 Å². The van der Waals surface area contributed by atoms with Gasteiger partial charge < -0.3 is 15.0 Å². The summed E-state index contributed by atoms with van der Waals surface area (Å²) in [6.07, 6.45) is 1.58. The summed E-state index contributed by atoms with van der Waals surface area (Å²) in [5.74, 6) is -0.646. The fourth-order valence-corrected chi connectivity index (χ4v) is 2.27. The number of esters is 1. The lowest BCUT2D eigenvalue weighted by Gasteiger charge is -2.21. The molecule has 0 aromatic rings. The Morgan fingerprint density at radius 3 is 2.71 bits per heavy atom. The van der Waals surface area contributed by atoms with E-state index >= 15 is 0 Å². The smallest absolute Gasteiger partial charge is 0.310 e. The van der Waals surface area contributed by atoms with Gasteiger partial charge in [-0.25, -0.2) is 0 Å². The van der Waals surface area contributed by atoms with Gasteiger partial charge in [0.1, 0.15) is 0 Å². The van der Waals surface area contributed by atoms with Crippen LogP contribution in [0.3, 0.4) is 0 Å². The van der Waals surface area contributed by atoms with Crippen LogP contribution in [-0.2, 0) is 19.1 Å². The summed E-state index contributed by atoms with van der Waals surface area (Å²) < 4.78 is 4.71. The monoisotopic (exact) mass is 299 g/mol. The van der Waals surface area contributed by atoms with Gasteiger partial charge in [0.25, 0.3) is 0 Å². The molecule has 0 aliphatic carbocycles. The first-order valence-electron chi connectivity index (χ1n) is 7.28. The van der Waals surface area contributed by atoms with Crippen LogP contribution in [0.25, 0.3) is 0 Å². The molecule has 0 radical (unpaired) electrons. The number of hydrogen-bond donors (Lipinski definition) is 1. The lowest BCUT2D eigenvalue weighted by molar-refractivity contribution is -0.145. The Morgan fingerprint density at radius 2 is 2.10 bits per heavy atom. The molecule has 0 aromatic heterocycles. The SMILES string of the molecule is CCCNC(=O)CN(C)C(=O)CN1CCC(C(=O)OC)C1. The zero-order chi connectivity index (χ0) is 15.8. The van der Waals surface area contributed by atoms with Gasteiger partial charge >= 0.3 is 5.97 Å². The van der Waals surface area contributed by atoms with Crippen molar-refractivity contribution in [3.63, 3.8) is 0 Å². The molecule has 1 N–H and O–H groups in total. The van der Waals surface area contributed by atoms with Crippen LogP contribution in [0.1, 0.15) is 19.8 Å². The molecule has 120 valence electrons. The third kappa shape index (κ3) is 5.71. The summed E-state index contributed by atoms with van der Waals surface area (Å²) in [5.41, 5.74) is 0. The number of ether oxygens (including phenoxy) is 1. The van der Waals surface area contributed by atoms with Gasteiger partial charge in [-0.1, -0.05) is 6.92 Å². The number of carbonyl (C=O) groups excluding carboxylic acids is 3. The van der Waals surface area contributed by atoms with Crippen molar-refractivity contribution in [1.29, 1.82) is 0 Å². The highest BCUT2D eigenvalue weighted by atomic mass is 16.5. The number of likely N-dealkylation sites (N-methyl/N-ethyl adjacent to an activating group) is 1. The minimum Gasteiger partial charge on any atom is -0.469 e. The van der Waals surface area contributed by atoms with Gasteiger partial charge in [-0.05, 0) is 19.4 Å². The van der Waals surface area contributed by atoms with Gasteiger partial charge in [0.15, 0.2) is 0 Å². The summed E-state index contributed by atoms with van der Waals surface area (Å²) in [6.45, 7) is 4.11. The fourth-order valence-electron chi connectivity index (χ4n) is 2.27. The third-order valence-electron chi connectivity index (χ3n) is 3.54. The summed E-state index contributed by atoms with van der Waals surface area (Å²) in [6, 6.07) is 0. The molecule has 2 amide bonds. The number of carbonyl (C=O) groups is 3. The molecule has 0 aromatic carbocycles. The predicted molar refractivity (Wildman–Crippen MR) is 77.5 cm³/mol. The lowest BCUT2D eigenvalue weighted by atomic mass is 10.1. The van der Waals surface area contributed by atoms with Crippen LogP contribution in [0.4, 0.5) is 0 Å². The van der Waals surface area contributed by atoms with Crippen LogP contribution in [0.15, 0.2) is 0 Å². The van der Waals surface area contributed by atoms with Gasteiger partial charge in [-0.15, -0.1) is 0 Å². The van der Waals surface area contributed by atoms with Crippen molar-refractivity contribution < 1.29 is 19.1 Å². The first-order valence-corrected chi connectivity index (χ1v) is 7.28. The van der Waals surface area contributed by atoms with Crippen LogP contribution >= 0.6 is 0 Å². The molecule has 1 aliphatic heterocycles. The van der Waals surface area contributed by atoms with Crippen molar-refractivity contribution in [2.75, 3.05) is 46.9 Å². The Kier molecular flexibility index (Phi) is 7.14.